The molecule has 1 atom stereocenters. The summed E-state index contributed by atoms with van der Waals surface area (Å²) in [5.41, 5.74) is 0.618. The molecule has 0 spiro atoms. The van der Waals surface area contributed by atoms with Crippen LogP contribution in [0.2, 0.25) is 0 Å². The lowest BCUT2D eigenvalue weighted by molar-refractivity contribution is -0.146. The summed E-state index contributed by atoms with van der Waals surface area (Å²) in [5.74, 6) is -0.106. The van der Waals surface area contributed by atoms with Crippen LogP contribution in [0.25, 0.3) is 0 Å². The zero-order valence-corrected chi connectivity index (χ0v) is 7.31. The van der Waals surface area contributed by atoms with E-state index in [-0.39, 0.29) is 17.5 Å². The lowest BCUT2D eigenvalue weighted by Crippen LogP contribution is -2.16. The number of hydrogen-bond donors (Lipinski definition) is 0. The largest absolute Gasteiger partial charge is 0.457 e. The standard InChI is InChI=1S/C9H14O2/c1-6(2)7-5-9(3,4)8(10)11-7/h7H,1,5H2,2-4H3. The van der Waals surface area contributed by atoms with E-state index in [0.29, 0.717) is 0 Å². The molecule has 1 fully saturated rings. The van der Waals surface area contributed by atoms with Crippen molar-refractivity contribution in [3.63, 3.8) is 0 Å². The van der Waals surface area contributed by atoms with Crippen molar-refractivity contribution in [1.82, 2.24) is 0 Å². The van der Waals surface area contributed by atoms with Gasteiger partial charge in [-0.3, -0.25) is 4.79 Å². The average molecular weight is 154 g/mol. The highest BCUT2D eigenvalue weighted by molar-refractivity contribution is 5.78. The van der Waals surface area contributed by atoms with Crippen molar-refractivity contribution >= 4 is 5.97 Å². The molecule has 62 valence electrons. The molecule has 1 heterocycles. The first-order chi connectivity index (χ1) is 4.93. The molecular formula is C9H14O2. The van der Waals surface area contributed by atoms with E-state index < -0.39 is 0 Å². The minimum Gasteiger partial charge on any atom is -0.457 e. The molecule has 0 aromatic heterocycles. The minimum atomic E-state index is -0.316. The fraction of sp³-hybridized carbons (Fsp3) is 0.667. The zero-order chi connectivity index (χ0) is 8.65. The molecule has 0 aromatic carbocycles. The van der Waals surface area contributed by atoms with Crippen LogP contribution in [-0.2, 0) is 9.53 Å². The monoisotopic (exact) mass is 154 g/mol. The summed E-state index contributed by atoms with van der Waals surface area (Å²) in [6.07, 6.45) is 0.707. The predicted molar refractivity (Wildman–Crippen MR) is 43.1 cm³/mol. The maximum absolute atomic E-state index is 11.1. The Hall–Kier alpha value is -0.790. The van der Waals surface area contributed by atoms with E-state index in [1.807, 2.05) is 20.8 Å². The van der Waals surface area contributed by atoms with Crippen LogP contribution in [-0.4, -0.2) is 12.1 Å². The van der Waals surface area contributed by atoms with Gasteiger partial charge in [0.25, 0.3) is 0 Å². The Morgan fingerprint density at radius 2 is 2.27 bits per heavy atom. The van der Waals surface area contributed by atoms with Crippen LogP contribution in [0.1, 0.15) is 27.2 Å². The number of ether oxygens (including phenoxy) is 1. The molecule has 0 bridgehead atoms. The SMILES string of the molecule is C=C(C)C1CC(C)(C)C(=O)O1. The summed E-state index contributed by atoms with van der Waals surface area (Å²) in [6, 6.07) is 0. The fourth-order valence-corrected chi connectivity index (χ4v) is 1.15. The third kappa shape index (κ3) is 1.44. The van der Waals surface area contributed by atoms with E-state index in [1.54, 1.807) is 0 Å². The van der Waals surface area contributed by atoms with E-state index in [0.717, 1.165) is 12.0 Å². The normalized spacial score (nSPS) is 28.3. The van der Waals surface area contributed by atoms with Crippen LogP contribution in [0.3, 0.4) is 0 Å². The summed E-state index contributed by atoms with van der Waals surface area (Å²) in [5, 5.41) is 0. The number of rotatable bonds is 1. The Labute approximate surface area is 67.2 Å². The molecule has 0 radical (unpaired) electrons. The number of cyclic esters (lactones) is 1. The summed E-state index contributed by atoms with van der Waals surface area (Å²) < 4.78 is 5.10. The van der Waals surface area contributed by atoms with Crippen LogP contribution in [0.5, 0.6) is 0 Å². The Kier molecular flexibility index (Phi) is 1.78. The molecule has 0 amide bonds. The smallest absolute Gasteiger partial charge is 0.312 e. The summed E-state index contributed by atoms with van der Waals surface area (Å²) in [4.78, 5) is 11.1. The van der Waals surface area contributed by atoms with Crippen LogP contribution in [0.15, 0.2) is 12.2 Å². The molecule has 2 nitrogen and oxygen atoms in total. The van der Waals surface area contributed by atoms with Gasteiger partial charge in [-0.15, -0.1) is 0 Å². The number of carbonyl (C=O) groups excluding carboxylic acids is 1. The van der Waals surface area contributed by atoms with Gasteiger partial charge in [-0.2, -0.15) is 0 Å². The van der Waals surface area contributed by atoms with Crippen molar-refractivity contribution in [2.24, 2.45) is 5.41 Å². The second-order valence-electron chi connectivity index (χ2n) is 3.83. The van der Waals surface area contributed by atoms with Gasteiger partial charge in [-0.1, -0.05) is 6.58 Å². The minimum absolute atomic E-state index is 0.0579. The van der Waals surface area contributed by atoms with Gasteiger partial charge in [0.05, 0.1) is 5.41 Å². The highest BCUT2D eigenvalue weighted by Gasteiger charge is 2.41. The van der Waals surface area contributed by atoms with Gasteiger partial charge in [0.2, 0.25) is 0 Å². The van der Waals surface area contributed by atoms with E-state index >= 15 is 0 Å². The molecule has 2 heteroatoms. The van der Waals surface area contributed by atoms with Crippen molar-refractivity contribution in [1.29, 1.82) is 0 Å². The van der Waals surface area contributed by atoms with Crippen LogP contribution in [0.4, 0.5) is 0 Å². The third-order valence-electron chi connectivity index (χ3n) is 2.05. The van der Waals surface area contributed by atoms with Gasteiger partial charge in [-0.05, 0) is 26.3 Å². The first-order valence-corrected chi connectivity index (χ1v) is 3.80. The molecule has 0 saturated carbocycles. The third-order valence-corrected chi connectivity index (χ3v) is 2.05. The molecule has 0 N–H and O–H groups in total. The summed E-state index contributed by atoms with van der Waals surface area (Å²) in [7, 11) is 0. The Morgan fingerprint density at radius 3 is 2.45 bits per heavy atom. The molecular weight excluding hydrogens is 140 g/mol. The van der Waals surface area contributed by atoms with E-state index in [9.17, 15) is 4.79 Å². The maximum atomic E-state index is 11.1. The second kappa shape index (κ2) is 2.36. The zero-order valence-electron chi connectivity index (χ0n) is 7.31. The fourth-order valence-electron chi connectivity index (χ4n) is 1.15. The first kappa shape index (κ1) is 8.31. The Balaban J connectivity index is 2.72. The highest BCUT2D eigenvalue weighted by atomic mass is 16.6. The van der Waals surface area contributed by atoms with Crippen LogP contribution >= 0.6 is 0 Å². The molecule has 1 saturated heterocycles. The number of carbonyl (C=O) groups is 1. The number of hydrogen-bond acceptors (Lipinski definition) is 2. The van der Waals surface area contributed by atoms with Gasteiger partial charge >= 0.3 is 5.97 Å². The highest BCUT2D eigenvalue weighted by Crippen LogP contribution is 2.35. The molecule has 1 aliphatic heterocycles. The maximum Gasteiger partial charge on any atom is 0.312 e. The quantitative estimate of drug-likeness (QED) is 0.426. The summed E-state index contributed by atoms with van der Waals surface area (Å²) in [6.45, 7) is 9.45. The summed E-state index contributed by atoms with van der Waals surface area (Å²) >= 11 is 0. The molecule has 11 heavy (non-hydrogen) atoms. The van der Waals surface area contributed by atoms with Crippen molar-refractivity contribution in [3.8, 4) is 0 Å². The van der Waals surface area contributed by atoms with Gasteiger partial charge in [0.15, 0.2) is 0 Å². The molecule has 1 rings (SSSR count). The first-order valence-electron chi connectivity index (χ1n) is 3.80. The average Bonchev–Trinajstić information content (AvgIpc) is 2.08. The molecule has 1 unspecified atom stereocenters. The van der Waals surface area contributed by atoms with Gasteiger partial charge < -0.3 is 4.74 Å². The van der Waals surface area contributed by atoms with Crippen molar-refractivity contribution < 1.29 is 9.53 Å². The van der Waals surface area contributed by atoms with E-state index in [1.165, 1.54) is 0 Å². The van der Waals surface area contributed by atoms with Gasteiger partial charge in [0.1, 0.15) is 6.10 Å². The van der Waals surface area contributed by atoms with E-state index in [4.69, 9.17) is 4.74 Å². The molecule has 0 aromatic rings. The van der Waals surface area contributed by atoms with Crippen molar-refractivity contribution in [2.45, 2.75) is 33.3 Å². The Bertz CT molecular complexity index is 204. The van der Waals surface area contributed by atoms with Crippen molar-refractivity contribution in [3.05, 3.63) is 12.2 Å². The van der Waals surface area contributed by atoms with Crippen LogP contribution < -0.4 is 0 Å². The number of esters is 1. The van der Waals surface area contributed by atoms with Gasteiger partial charge in [0, 0.05) is 6.42 Å². The predicted octanol–water partition coefficient (Wildman–Crippen LogP) is 1.90. The molecule has 0 aliphatic carbocycles. The van der Waals surface area contributed by atoms with Gasteiger partial charge in [-0.25, -0.2) is 0 Å². The van der Waals surface area contributed by atoms with Crippen LogP contribution in [0, 0.1) is 5.41 Å². The van der Waals surface area contributed by atoms with Crippen molar-refractivity contribution in [2.75, 3.05) is 0 Å². The lowest BCUT2D eigenvalue weighted by atomic mass is 9.88. The second-order valence-corrected chi connectivity index (χ2v) is 3.83. The Morgan fingerprint density at radius 1 is 1.73 bits per heavy atom. The topological polar surface area (TPSA) is 26.3 Å². The molecule has 1 aliphatic rings. The van der Waals surface area contributed by atoms with E-state index in [2.05, 4.69) is 6.58 Å². The lowest BCUT2D eigenvalue weighted by Gasteiger charge is -2.09.